The van der Waals surface area contributed by atoms with E-state index in [2.05, 4.69) is 10.3 Å². The summed E-state index contributed by atoms with van der Waals surface area (Å²) in [6.45, 7) is 2.52. The zero-order valence-electron chi connectivity index (χ0n) is 15.1. The molecule has 5 heteroatoms. The molecular formula is C20H24N2O3. The molecule has 0 bridgehead atoms. The summed E-state index contributed by atoms with van der Waals surface area (Å²) < 4.78 is 10.5. The van der Waals surface area contributed by atoms with E-state index in [9.17, 15) is 4.79 Å². The highest BCUT2D eigenvalue weighted by Crippen LogP contribution is 2.27. The Hall–Kier alpha value is -2.82. The van der Waals surface area contributed by atoms with Crippen molar-refractivity contribution >= 4 is 11.6 Å². The van der Waals surface area contributed by atoms with Gasteiger partial charge in [-0.05, 0) is 31.0 Å². The molecule has 0 saturated heterocycles. The Bertz CT molecular complexity index is 752. The van der Waals surface area contributed by atoms with E-state index in [4.69, 9.17) is 9.47 Å². The molecule has 0 atom stereocenters. The summed E-state index contributed by atoms with van der Waals surface area (Å²) in [7, 11) is 4.84. The summed E-state index contributed by atoms with van der Waals surface area (Å²) in [6, 6.07) is 13.5. The predicted octanol–water partition coefficient (Wildman–Crippen LogP) is 2.79. The van der Waals surface area contributed by atoms with Gasteiger partial charge in [-0.1, -0.05) is 35.9 Å². The third kappa shape index (κ3) is 4.83. The van der Waals surface area contributed by atoms with Crippen LogP contribution in [0, 0.1) is 6.92 Å². The highest BCUT2D eigenvalue weighted by molar-refractivity contribution is 6.45. The number of carbonyl (C=O) groups is 1. The second-order valence-corrected chi connectivity index (χ2v) is 5.63. The molecule has 1 N–H and O–H groups in total. The standard InChI is InChI=1S/C20H24N2O3/c1-14-5-8-16(9-6-14)19(21-2)20(23)22-12-11-15-7-10-17(24-3)18(13-15)25-4/h5-10,13H,11-12H2,1-4H3,(H,22,23)/b21-19-. The van der Waals surface area contributed by atoms with Crippen LogP contribution in [0.2, 0.25) is 0 Å². The molecule has 0 radical (unpaired) electrons. The molecule has 2 aromatic rings. The fraction of sp³-hybridized carbons (Fsp3) is 0.300. The first-order valence-corrected chi connectivity index (χ1v) is 8.12. The van der Waals surface area contributed by atoms with Crippen LogP contribution in [0.15, 0.2) is 47.5 Å². The molecule has 2 rings (SSSR count). The molecule has 0 aliphatic rings. The maximum atomic E-state index is 12.4. The minimum absolute atomic E-state index is 0.174. The van der Waals surface area contributed by atoms with Gasteiger partial charge in [-0.2, -0.15) is 0 Å². The number of aliphatic imine (C=N–C) groups is 1. The van der Waals surface area contributed by atoms with Crippen molar-refractivity contribution in [3.8, 4) is 11.5 Å². The van der Waals surface area contributed by atoms with Gasteiger partial charge in [-0.25, -0.2) is 0 Å². The molecule has 0 fully saturated rings. The summed E-state index contributed by atoms with van der Waals surface area (Å²) in [4.78, 5) is 16.5. The third-order valence-corrected chi connectivity index (χ3v) is 3.91. The lowest BCUT2D eigenvalue weighted by Gasteiger charge is -2.11. The second kappa shape index (κ2) is 8.87. The van der Waals surface area contributed by atoms with Crippen LogP contribution >= 0.6 is 0 Å². The zero-order valence-corrected chi connectivity index (χ0v) is 15.1. The molecule has 0 aromatic heterocycles. The Morgan fingerprint density at radius 2 is 1.72 bits per heavy atom. The number of amides is 1. The van der Waals surface area contributed by atoms with Gasteiger partial charge in [0, 0.05) is 19.2 Å². The SMILES string of the molecule is C/N=C(\C(=O)NCCc1ccc(OC)c(OC)c1)c1ccc(C)cc1. The lowest BCUT2D eigenvalue weighted by Crippen LogP contribution is -2.33. The van der Waals surface area contributed by atoms with Gasteiger partial charge in [0.25, 0.3) is 5.91 Å². The van der Waals surface area contributed by atoms with Gasteiger partial charge in [-0.3, -0.25) is 9.79 Å². The monoisotopic (exact) mass is 340 g/mol. The number of hydrogen-bond acceptors (Lipinski definition) is 4. The largest absolute Gasteiger partial charge is 0.493 e. The third-order valence-electron chi connectivity index (χ3n) is 3.91. The first kappa shape index (κ1) is 18.5. The molecule has 2 aromatic carbocycles. The highest BCUT2D eigenvalue weighted by Gasteiger charge is 2.12. The van der Waals surface area contributed by atoms with E-state index in [0.717, 1.165) is 16.7 Å². The molecule has 0 heterocycles. The zero-order chi connectivity index (χ0) is 18.2. The number of carbonyl (C=O) groups excluding carboxylic acids is 1. The van der Waals surface area contributed by atoms with Crippen molar-refractivity contribution in [3.05, 3.63) is 59.2 Å². The topological polar surface area (TPSA) is 59.9 Å². The quantitative estimate of drug-likeness (QED) is 0.789. The van der Waals surface area contributed by atoms with Crippen LogP contribution in [0.5, 0.6) is 11.5 Å². The second-order valence-electron chi connectivity index (χ2n) is 5.63. The number of ether oxygens (including phenoxy) is 2. The van der Waals surface area contributed by atoms with E-state index >= 15 is 0 Å². The van der Waals surface area contributed by atoms with E-state index < -0.39 is 0 Å². The van der Waals surface area contributed by atoms with E-state index in [1.807, 2.05) is 49.4 Å². The minimum atomic E-state index is -0.174. The lowest BCUT2D eigenvalue weighted by atomic mass is 10.1. The van der Waals surface area contributed by atoms with Crippen LogP contribution in [-0.4, -0.2) is 39.4 Å². The fourth-order valence-corrected chi connectivity index (χ4v) is 2.51. The molecule has 0 unspecified atom stereocenters. The summed E-state index contributed by atoms with van der Waals surface area (Å²) in [5.41, 5.74) is 3.46. The van der Waals surface area contributed by atoms with Gasteiger partial charge in [0.15, 0.2) is 11.5 Å². The van der Waals surface area contributed by atoms with Crippen LogP contribution in [0.3, 0.4) is 0 Å². The molecule has 5 nitrogen and oxygen atoms in total. The average Bonchev–Trinajstić information content (AvgIpc) is 2.63. The molecule has 0 aliphatic carbocycles. The summed E-state index contributed by atoms with van der Waals surface area (Å²) in [6.07, 6.45) is 0.691. The maximum Gasteiger partial charge on any atom is 0.270 e. The van der Waals surface area contributed by atoms with E-state index in [1.54, 1.807) is 21.3 Å². The summed E-state index contributed by atoms with van der Waals surface area (Å²) in [5.74, 6) is 1.20. The molecule has 1 amide bonds. The van der Waals surface area contributed by atoms with Crippen molar-refractivity contribution in [2.45, 2.75) is 13.3 Å². The first-order valence-electron chi connectivity index (χ1n) is 8.12. The Labute approximate surface area is 148 Å². The van der Waals surface area contributed by atoms with Crippen LogP contribution < -0.4 is 14.8 Å². The minimum Gasteiger partial charge on any atom is -0.493 e. The van der Waals surface area contributed by atoms with Gasteiger partial charge in [0.05, 0.1) is 14.2 Å². The van der Waals surface area contributed by atoms with E-state index in [1.165, 1.54) is 0 Å². The van der Waals surface area contributed by atoms with Crippen molar-refractivity contribution in [1.29, 1.82) is 0 Å². The number of nitrogens with one attached hydrogen (secondary N) is 1. The van der Waals surface area contributed by atoms with Crippen LogP contribution in [0.4, 0.5) is 0 Å². The van der Waals surface area contributed by atoms with Crippen LogP contribution in [-0.2, 0) is 11.2 Å². The fourth-order valence-electron chi connectivity index (χ4n) is 2.51. The van der Waals surface area contributed by atoms with Gasteiger partial charge in [0.1, 0.15) is 5.71 Å². The normalized spacial score (nSPS) is 11.1. The average molecular weight is 340 g/mol. The number of nitrogens with zero attached hydrogens (tertiary/aromatic N) is 1. The number of aryl methyl sites for hydroxylation is 1. The maximum absolute atomic E-state index is 12.4. The lowest BCUT2D eigenvalue weighted by molar-refractivity contribution is -0.114. The van der Waals surface area contributed by atoms with Crippen molar-refractivity contribution in [2.24, 2.45) is 4.99 Å². The van der Waals surface area contributed by atoms with Crippen molar-refractivity contribution in [2.75, 3.05) is 27.8 Å². The highest BCUT2D eigenvalue weighted by atomic mass is 16.5. The summed E-state index contributed by atoms with van der Waals surface area (Å²) >= 11 is 0. The Morgan fingerprint density at radius 1 is 1.04 bits per heavy atom. The van der Waals surface area contributed by atoms with Crippen molar-refractivity contribution in [1.82, 2.24) is 5.32 Å². The molecule has 0 saturated carbocycles. The van der Waals surface area contributed by atoms with Crippen LogP contribution in [0.25, 0.3) is 0 Å². The van der Waals surface area contributed by atoms with E-state index in [-0.39, 0.29) is 5.91 Å². The number of rotatable bonds is 7. The van der Waals surface area contributed by atoms with Crippen LogP contribution in [0.1, 0.15) is 16.7 Å². The first-order chi connectivity index (χ1) is 12.1. The van der Waals surface area contributed by atoms with E-state index in [0.29, 0.717) is 30.2 Å². The Balaban J connectivity index is 1.96. The molecule has 25 heavy (non-hydrogen) atoms. The van der Waals surface area contributed by atoms with Gasteiger partial charge < -0.3 is 14.8 Å². The Morgan fingerprint density at radius 3 is 2.32 bits per heavy atom. The summed E-state index contributed by atoms with van der Waals surface area (Å²) in [5, 5.41) is 2.92. The number of benzene rings is 2. The van der Waals surface area contributed by atoms with Crippen molar-refractivity contribution < 1.29 is 14.3 Å². The smallest absolute Gasteiger partial charge is 0.270 e. The van der Waals surface area contributed by atoms with Gasteiger partial charge >= 0.3 is 0 Å². The van der Waals surface area contributed by atoms with Gasteiger partial charge in [-0.15, -0.1) is 0 Å². The Kier molecular flexibility index (Phi) is 6.57. The molecule has 132 valence electrons. The predicted molar refractivity (Wildman–Crippen MR) is 99.9 cm³/mol. The molecule has 0 aliphatic heterocycles. The number of methoxy groups -OCH3 is 2. The number of hydrogen-bond donors (Lipinski definition) is 1. The molecule has 0 spiro atoms. The van der Waals surface area contributed by atoms with Gasteiger partial charge in [0.2, 0.25) is 0 Å². The molecular weight excluding hydrogens is 316 g/mol. The van der Waals surface area contributed by atoms with Crippen molar-refractivity contribution in [3.63, 3.8) is 0 Å².